The predicted octanol–water partition coefficient (Wildman–Crippen LogP) is 1.75. The van der Waals surface area contributed by atoms with Crippen LogP contribution >= 0.6 is 0 Å². The van der Waals surface area contributed by atoms with Gasteiger partial charge >= 0.3 is 0 Å². The third kappa shape index (κ3) is 6.40. The van der Waals surface area contributed by atoms with Crippen LogP contribution < -0.4 is 0 Å². The molecular formula is C22H45N5. The van der Waals surface area contributed by atoms with Gasteiger partial charge in [0.1, 0.15) is 0 Å². The highest BCUT2D eigenvalue weighted by atomic mass is 15.3. The van der Waals surface area contributed by atoms with Crippen LogP contribution in [0.25, 0.3) is 0 Å². The van der Waals surface area contributed by atoms with Crippen molar-refractivity contribution in [1.82, 2.24) is 24.5 Å². The molecule has 0 saturated carbocycles. The summed E-state index contributed by atoms with van der Waals surface area (Å²) in [4.78, 5) is 12.5. The highest BCUT2D eigenvalue weighted by Crippen LogP contribution is 2.40. The van der Waals surface area contributed by atoms with Gasteiger partial charge in [-0.05, 0) is 111 Å². The Balaban J connectivity index is 0.000000156. The molecule has 5 nitrogen and oxygen atoms in total. The van der Waals surface area contributed by atoms with Crippen LogP contribution in [0.2, 0.25) is 0 Å². The third-order valence-corrected chi connectivity index (χ3v) is 7.84. The summed E-state index contributed by atoms with van der Waals surface area (Å²) in [5.41, 5.74) is 0.735. The molecule has 4 heterocycles. The van der Waals surface area contributed by atoms with E-state index in [4.69, 9.17) is 0 Å². The van der Waals surface area contributed by atoms with E-state index in [9.17, 15) is 0 Å². The first-order valence-corrected chi connectivity index (χ1v) is 11.4. The van der Waals surface area contributed by atoms with Crippen molar-refractivity contribution in [2.75, 3.05) is 93.6 Å². The fourth-order valence-electron chi connectivity index (χ4n) is 5.23. The number of nitrogens with zero attached hydrogens (tertiary/aromatic N) is 5. The average molecular weight is 380 g/mol. The topological polar surface area (TPSA) is 16.2 Å². The van der Waals surface area contributed by atoms with Gasteiger partial charge < -0.3 is 19.6 Å². The minimum absolute atomic E-state index is 0.735. The molecule has 27 heavy (non-hydrogen) atoms. The van der Waals surface area contributed by atoms with Crippen molar-refractivity contribution in [2.45, 2.75) is 44.6 Å². The van der Waals surface area contributed by atoms with Crippen molar-refractivity contribution >= 4 is 0 Å². The Bertz CT molecular complexity index is 367. The largest absolute Gasteiger partial charge is 0.306 e. The van der Waals surface area contributed by atoms with Gasteiger partial charge in [0.15, 0.2) is 0 Å². The molecule has 1 spiro atoms. The molecule has 0 aromatic heterocycles. The lowest BCUT2D eigenvalue weighted by atomic mass is 9.71. The Labute approximate surface area is 168 Å². The fraction of sp³-hybridized carbons (Fsp3) is 1.00. The summed E-state index contributed by atoms with van der Waals surface area (Å²) in [6, 6.07) is 0.875. The van der Waals surface area contributed by atoms with Crippen LogP contribution in [-0.2, 0) is 0 Å². The zero-order chi connectivity index (χ0) is 19.3. The second-order valence-corrected chi connectivity index (χ2v) is 9.98. The standard InChI is InChI=1S/C11H23N3.C11H22N2/c1-12-5-3-11(4-6-12)14-9-7-13(2)8-10-14;1-12-7-3-11(4-8-12)5-9-13(2)10-6-11/h11H,3-10H2,1-2H3;3-10H2,1-2H3. The van der Waals surface area contributed by atoms with Crippen molar-refractivity contribution in [1.29, 1.82) is 0 Å². The van der Waals surface area contributed by atoms with Crippen molar-refractivity contribution < 1.29 is 0 Å². The quantitative estimate of drug-likeness (QED) is 0.688. The smallest absolute Gasteiger partial charge is 0.0121 e. The SMILES string of the molecule is CN1CCC(N2CCN(C)CC2)CC1.CN1CCC2(CC1)CCN(C)CC2. The van der Waals surface area contributed by atoms with E-state index in [1.165, 1.54) is 104 Å². The molecule has 0 aromatic rings. The first kappa shape index (κ1) is 21.5. The first-order valence-electron chi connectivity index (χ1n) is 11.4. The third-order valence-electron chi connectivity index (χ3n) is 7.84. The minimum Gasteiger partial charge on any atom is -0.306 e. The summed E-state index contributed by atoms with van der Waals surface area (Å²) < 4.78 is 0. The van der Waals surface area contributed by atoms with Crippen molar-refractivity contribution in [3.05, 3.63) is 0 Å². The molecule has 0 aliphatic carbocycles. The Kier molecular flexibility index (Phi) is 7.98. The highest BCUT2D eigenvalue weighted by Gasteiger charge is 2.35. The number of piperidine rings is 3. The van der Waals surface area contributed by atoms with E-state index in [-0.39, 0.29) is 0 Å². The van der Waals surface area contributed by atoms with Gasteiger partial charge in [0.05, 0.1) is 0 Å². The van der Waals surface area contributed by atoms with Gasteiger partial charge in [-0.25, -0.2) is 0 Å². The van der Waals surface area contributed by atoms with E-state index in [1.807, 2.05) is 0 Å². The molecule has 5 heteroatoms. The number of hydrogen-bond acceptors (Lipinski definition) is 5. The molecule has 0 aromatic carbocycles. The summed E-state index contributed by atoms with van der Waals surface area (Å²) in [6.45, 7) is 12.9. The molecule has 0 atom stereocenters. The van der Waals surface area contributed by atoms with Gasteiger partial charge in [-0.3, -0.25) is 4.90 Å². The van der Waals surface area contributed by atoms with E-state index in [0.717, 1.165) is 11.5 Å². The van der Waals surface area contributed by atoms with E-state index in [1.54, 1.807) is 0 Å². The van der Waals surface area contributed by atoms with E-state index in [2.05, 4.69) is 52.7 Å². The Morgan fingerprint density at radius 2 is 0.852 bits per heavy atom. The van der Waals surface area contributed by atoms with Crippen LogP contribution in [0.1, 0.15) is 38.5 Å². The normalized spacial score (nSPS) is 30.2. The number of likely N-dealkylation sites (tertiary alicyclic amines) is 3. The van der Waals surface area contributed by atoms with E-state index in [0.29, 0.717) is 0 Å². The van der Waals surface area contributed by atoms with E-state index < -0.39 is 0 Å². The van der Waals surface area contributed by atoms with Crippen LogP contribution in [0.4, 0.5) is 0 Å². The van der Waals surface area contributed by atoms with Crippen LogP contribution in [0.5, 0.6) is 0 Å². The van der Waals surface area contributed by atoms with Crippen LogP contribution in [0.15, 0.2) is 0 Å². The first-order chi connectivity index (χ1) is 13.0. The summed E-state index contributed by atoms with van der Waals surface area (Å²) in [7, 11) is 8.97. The number of rotatable bonds is 1. The van der Waals surface area contributed by atoms with Crippen LogP contribution in [0, 0.1) is 5.41 Å². The van der Waals surface area contributed by atoms with Gasteiger partial charge in [-0.2, -0.15) is 0 Å². The maximum atomic E-state index is 2.70. The minimum atomic E-state index is 0.735. The molecule has 4 rings (SSSR count). The molecule has 0 unspecified atom stereocenters. The number of likely N-dealkylation sites (N-methyl/N-ethyl adjacent to an activating group) is 1. The summed E-state index contributed by atoms with van der Waals surface area (Å²) >= 11 is 0. The summed E-state index contributed by atoms with van der Waals surface area (Å²) in [5, 5.41) is 0. The fourth-order valence-corrected chi connectivity index (χ4v) is 5.23. The molecular weight excluding hydrogens is 334 g/mol. The van der Waals surface area contributed by atoms with Crippen LogP contribution in [0.3, 0.4) is 0 Å². The number of piperazine rings is 1. The van der Waals surface area contributed by atoms with Crippen LogP contribution in [-0.4, -0.2) is 124 Å². The monoisotopic (exact) mass is 379 g/mol. The van der Waals surface area contributed by atoms with Crippen molar-refractivity contribution in [3.8, 4) is 0 Å². The van der Waals surface area contributed by atoms with Gasteiger partial charge in [-0.15, -0.1) is 0 Å². The second kappa shape index (κ2) is 10.0. The Morgan fingerprint density at radius 3 is 1.30 bits per heavy atom. The number of hydrogen-bond donors (Lipinski definition) is 0. The molecule has 4 aliphatic heterocycles. The Hall–Kier alpha value is -0.200. The lowest BCUT2D eigenvalue weighted by molar-refractivity contribution is 0.0519. The van der Waals surface area contributed by atoms with Crippen molar-refractivity contribution in [3.63, 3.8) is 0 Å². The summed E-state index contributed by atoms with van der Waals surface area (Å²) in [6.07, 6.45) is 8.52. The molecule has 4 fully saturated rings. The molecule has 4 saturated heterocycles. The van der Waals surface area contributed by atoms with Gasteiger partial charge in [0.2, 0.25) is 0 Å². The molecule has 158 valence electrons. The average Bonchev–Trinajstić information content (AvgIpc) is 2.69. The van der Waals surface area contributed by atoms with Gasteiger partial charge in [-0.1, -0.05) is 0 Å². The zero-order valence-corrected chi connectivity index (χ0v) is 18.6. The maximum absolute atomic E-state index is 2.70. The van der Waals surface area contributed by atoms with E-state index >= 15 is 0 Å². The Morgan fingerprint density at radius 1 is 0.481 bits per heavy atom. The molecule has 0 amide bonds. The second-order valence-electron chi connectivity index (χ2n) is 9.98. The zero-order valence-electron chi connectivity index (χ0n) is 18.6. The molecule has 0 radical (unpaired) electrons. The maximum Gasteiger partial charge on any atom is 0.0121 e. The van der Waals surface area contributed by atoms with Gasteiger partial charge in [0, 0.05) is 32.2 Å². The summed E-state index contributed by atoms with van der Waals surface area (Å²) in [5.74, 6) is 0. The molecule has 0 bridgehead atoms. The highest BCUT2D eigenvalue weighted by molar-refractivity contribution is 4.89. The molecule has 0 N–H and O–H groups in total. The lowest BCUT2D eigenvalue weighted by Crippen LogP contribution is -2.51. The van der Waals surface area contributed by atoms with Crippen molar-refractivity contribution in [2.24, 2.45) is 5.41 Å². The predicted molar refractivity (Wildman–Crippen MR) is 115 cm³/mol. The lowest BCUT2D eigenvalue weighted by Gasteiger charge is -2.45. The van der Waals surface area contributed by atoms with Gasteiger partial charge in [0.25, 0.3) is 0 Å². The molecule has 4 aliphatic rings.